The van der Waals surface area contributed by atoms with Crippen LogP contribution in [0.3, 0.4) is 0 Å². The average molecular weight is 116 g/mol. The molecule has 0 fully saturated rings. The van der Waals surface area contributed by atoms with Gasteiger partial charge in [0.15, 0.2) is 0 Å². The first-order valence-electron chi connectivity index (χ1n) is 2.81. The van der Waals surface area contributed by atoms with Crippen molar-refractivity contribution in [3.8, 4) is 0 Å². The summed E-state index contributed by atoms with van der Waals surface area (Å²) >= 11 is 0. The highest BCUT2D eigenvalue weighted by Gasteiger charge is 2.14. The number of rotatable bonds is 0. The first kappa shape index (κ1) is 7.67. The summed E-state index contributed by atoms with van der Waals surface area (Å²) in [4.78, 5) is 0. The number of allylic oxidation sites excluding steroid dienone is 2. The molecular formula is C7H13F. The zero-order valence-corrected chi connectivity index (χ0v) is 5.96. The molecule has 0 aromatic heterocycles. The summed E-state index contributed by atoms with van der Waals surface area (Å²) in [5, 5.41) is 0. The highest BCUT2D eigenvalue weighted by molar-refractivity contribution is 4.99. The van der Waals surface area contributed by atoms with Crippen LogP contribution < -0.4 is 0 Å². The van der Waals surface area contributed by atoms with Gasteiger partial charge in [0.1, 0.15) is 5.83 Å². The Balaban J connectivity index is 4.03. The van der Waals surface area contributed by atoms with Crippen LogP contribution in [-0.2, 0) is 0 Å². The predicted octanol–water partition coefficient (Wildman–Crippen LogP) is 2.91. The van der Waals surface area contributed by atoms with Crippen LogP contribution >= 0.6 is 0 Å². The fraction of sp³-hybridized carbons (Fsp3) is 0.714. The van der Waals surface area contributed by atoms with Crippen LogP contribution in [-0.4, -0.2) is 0 Å². The van der Waals surface area contributed by atoms with Crippen molar-refractivity contribution in [3.05, 3.63) is 11.9 Å². The lowest BCUT2D eigenvalue weighted by Gasteiger charge is -2.14. The van der Waals surface area contributed by atoms with Gasteiger partial charge >= 0.3 is 0 Å². The van der Waals surface area contributed by atoms with Crippen LogP contribution in [0, 0.1) is 5.41 Å². The van der Waals surface area contributed by atoms with Gasteiger partial charge in [-0.15, -0.1) is 0 Å². The van der Waals surface area contributed by atoms with Gasteiger partial charge in [0.2, 0.25) is 0 Å². The third kappa shape index (κ3) is 2.10. The minimum Gasteiger partial charge on any atom is -0.212 e. The molecule has 0 unspecified atom stereocenters. The van der Waals surface area contributed by atoms with Crippen LogP contribution in [0.15, 0.2) is 11.9 Å². The zero-order valence-electron chi connectivity index (χ0n) is 5.96. The maximum Gasteiger partial charge on any atom is 0.101 e. The van der Waals surface area contributed by atoms with E-state index in [1.165, 1.54) is 6.08 Å². The maximum atomic E-state index is 12.5. The summed E-state index contributed by atoms with van der Waals surface area (Å²) in [6, 6.07) is 0. The molecular weight excluding hydrogens is 103 g/mol. The molecule has 1 heteroatoms. The molecule has 8 heavy (non-hydrogen) atoms. The first-order valence-corrected chi connectivity index (χ1v) is 2.81. The molecule has 0 aromatic rings. The largest absolute Gasteiger partial charge is 0.212 e. The van der Waals surface area contributed by atoms with Crippen molar-refractivity contribution < 1.29 is 4.39 Å². The second kappa shape index (κ2) is 2.29. The fourth-order valence-electron chi connectivity index (χ4n) is 0.433. The lowest BCUT2D eigenvalue weighted by molar-refractivity contribution is 0.382. The molecule has 0 rings (SSSR count). The van der Waals surface area contributed by atoms with E-state index in [0.29, 0.717) is 0 Å². The monoisotopic (exact) mass is 116 g/mol. The third-order valence-corrected chi connectivity index (χ3v) is 0.970. The van der Waals surface area contributed by atoms with E-state index >= 15 is 0 Å². The van der Waals surface area contributed by atoms with E-state index in [2.05, 4.69) is 0 Å². The van der Waals surface area contributed by atoms with E-state index in [9.17, 15) is 4.39 Å². The van der Waals surface area contributed by atoms with Crippen LogP contribution in [0.25, 0.3) is 0 Å². The minimum absolute atomic E-state index is 0.0440. The molecule has 0 atom stereocenters. The summed E-state index contributed by atoms with van der Waals surface area (Å²) in [5.74, 6) is -0.0440. The summed E-state index contributed by atoms with van der Waals surface area (Å²) in [6.07, 6.45) is 1.50. The van der Waals surface area contributed by atoms with Gasteiger partial charge in [-0.3, -0.25) is 0 Å². The van der Waals surface area contributed by atoms with Crippen molar-refractivity contribution in [2.75, 3.05) is 0 Å². The summed E-state index contributed by atoms with van der Waals surface area (Å²) in [5.41, 5.74) is -0.297. The van der Waals surface area contributed by atoms with Crippen LogP contribution in [0.1, 0.15) is 27.7 Å². The Morgan fingerprint density at radius 3 is 1.75 bits per heavy atom. The Morgan fingerprint density at radius 2 is 1.75 bits per heavy atom. The molecule has 0 nitrogen and oxygen atoms in total. The van der Waals surface area contributed by atoms with Gasteiger partial charge in [-0.1, -0.05) is 26.8 Å². The Bertz CT molecular complexity index is 95.4. The van der Waals surface area contributed by atoms with Crippen molar-refractivity contribution >= 4 is 0 Å². The van der Waals surface area contributed by atoms with E-state index in [0.717, 1.165) is 0 Å². The summed E-state index contributed by atoms with van der Waals surface area (Å²) in [6.45, 7) is 7.26. The molecule has 0 bridgehead atoms. The quantitative estimate of drug-likeness (QED) is 0.456. The van der Waals surface area contributed by atoms with Gasteiger partial charge in [0.25, 0.3) is 0 Å². The van der Waals surface area contributed by atoms with Gasteiger partial charge < -0.3 is 0 Å². The maximum absolute atomic E-state index is 12.5. The molecule has 0 aliphatic rings. The molecule has 0 aliphatic heterocycles. The van der Waals surface area contributed by atoms with Crippen molar-refractivity contribution in [1.82, 2.24) is 0 Å². The highest BCUT2D eigenvalue weighted by Crippen LogP contribution is 2.25. The number of halogens is 1. The molecule has 0 saturated heterocycles. The van der Waals surface area contributed by atoms with Crippen LogP contribution in [0.4, 0.5) is 4.39 Å². The smallest absolute Gasteiger partial charge is 0.101 e. The summed E-state index contributed by atoms with van der Waals surface area (Å²) in [7, 11) is 0. The Kier molecular flexibility index (Phi) is 2.20. The van der Waals surface area contributed by atoms with E-state index in [-0.39, 0.29) is 11.2 Å². The Morgan fingerprint density at radius 1 is 1.38 bits per heavy atom. The molecule has 0 aliphatic carbocycles. The topological polar surface area (TPSA) is 0 Å². The van der Waals surface area contributed by atoms with Crippen molar-refractivity contribution in [2.24, 2.45) is 5.41 Å². The SMILES string of the molecule is C/C=C(/F)C(C)(C)C. The van der Waals surface area contributed by atoms with Gasteiger partial charge in [-0.25, -0.2) is 4.39 Å². The van der Waals surface area contributed by atoms with Gasteiger partial charge in [-0.2, -0.15) is 0 Å². The van der Waals surface area contributed by atoms with Crippen molar-refractivity contribution in [3.63, 3.8) is 0 Å². The van der Waals surface area contributed by atoms with Crippen LogP contribution in [0.5, 0.6) is 0 Å². The van der Waals surface area contributed by atoms with Crippen molar-refractivity contribution in [1.29, 1.82) is 0 Å². The van der Waals surface area contributed by atoms with E-state index in [4.69, 9.17) is 0 Å². The Labute approximate surface area is 50.4 Å². The second-order valence-corrected chi connectivity index (χ2v) is 2.89. The lowest BCUT2D eigenvalue weighted by atomic mass is 9.95. The molecule has 0 radical (unpaired) electrons. The molecule has 48 valence electrons. The predicted molar refractivity (Wildman–Crippen MR) is 34.3 cm³/mol. The van der Waals surface area contributed by atoms with Crippen molar-refractivity contribution in [2.45, 2.75) is 27.7 Å². The number of hydrogen-bond acceptors (Lipinski definition) is 0. The lowest BCUT2D eigenvalue weighted by Crippen LogP contribution is -2.04. The molecule has 0 aromatic carbocycles. The fourth-order valence-corrected chi connectivity index (χ4v) is 0.433. The Hall–Kier alpha value is -0.330. The molecule has 0 saturated carbocycles. The molecule has 0 N–H and O–H groups in total. The molecule has 0 amide bonds. The van der Waals surface area contributed by atoms with Gasteiger partial charge in [0.05, 0.1) is 0 Å². The first-order chi connectivity index (χ1) is 3.48. The molecule has 0 spiro atoms. The third-order valence-electron chi connectivity index (χ3n) is 0.970. The minimum atomic E-state index is -0.297. The van der Waals surface area contributed by atoms with Gasteiger partial charge in [0, 0.05) is 5.41 Å². The van der Waals surface area contributed by atoms with Crippen LogP contribution in [0.2, 0.25) is 0 Å². The van der Waals surface area contributed by atoms with E-state index in [1.807, 2.05) is 20.8 Å². The average Bonchev–Trinajstić information content (AvgIpc) is 1.62. The zero-order chi connectivity index (χ0) is 6.78. The second-order valence-electron chi connectivity index (χ2n) is 2.89. The van der Waals surface area contributed by atoms with Gasteiger partial charge in [-0.05, 0) is 6.92 Å². The highest BCUT2D eigenvalue weighted by atomic mass is 19.1. The van der Waals surface area contributed by atoms with E-state index in [1.54, 1.807) is 6.92 Å². The molecule has 0 heterocycles. The van der Waals surface area contributed by atoms with E-state index < -0.39 is 0 Å². The number of hydrogen-bond donors (Lipinski definition) is 0. The normalized spacial score (nSPS) is 14.4. The summed E-state index contributed by atoms with van der Waals surface area (Å²) < 4.78 is 12.5. The standard InChI is InChI=1S/C7H13F/c1-5-6(8)7(2,3)4/h5H,1-4H3/b6-5+.